The number of halogens is 6. The topological polar surface area (TPSA) is 47.9 Å². The lowest BCUT2D eigenvalue weighted by Crippen LogP contribution is -2.42. The number of methoxy groups -OCH3 is 1. The van der Waals surface area contributed by atoms with Crippen LogP contribution >= 0.6 is 46.6 Å². The molecule has 1 aliphatic heterocycles. The second-order valence-corrected chi connectivity index (χ2v) is 8.60. The van der Waals surface area contributed by atoms with Gasteiger partial charge in [-0.1, -0.05) is 46.0 Å². The van der Waals surface area contributed by atoms with E-state index in [4.69, 9.17) is 39.6 Å². The number of hydrogen-bond acceptors (Lipinski definition) is 5. The van der Waals surface area contributed by atoms with Crippen molar-refractivity contribution in [2.24, 2.45) is 5.16 Å². The fourth-order valence-corrected chi connectivity index (χ4v) is 4.46. The lowest BCUT2D eigenvalue weighted by atomic mass is 9.86. The first-order valence-corrected chi connectivity index (χ1v) is 10.5. The standard InChI is InChI=1S/C19H13Cl3F3NO3S/c1-28-17(27)9-30-16-3-2-10(4-14(16)22)15-8-18(29-26-15,19(23,24)25)11-5-12(20)7-13(21)6-11/h2-7H,8-9H2,1H3. The van der Waals surface area contributed by atoms with Gasteiger partial charge in [0.15, 0.2) is 0 Å². The molecule has 30 heavy (non-hydrogen) atoms. The number of ether oxygens (including phenoxy) is 1. The number of esters is 1. The SMILES string of the molecule is COC(=O)CSc1ccc(C2=NOC(c3cc(Cl)cc(Cl)c3)(C(F)(F)F)C2)cc1Cl. The number of carbonyl (C=O) groups is 1. The van der Waals surface area contributed by atoms with Crippen molar-refractivity contribution in [3.05, 3.63) is 62.6 Å². The molecule has 0 radical (unpaired) electrons. The summed E-state index contributed by atoms with van der Waals surface area (Å²) in [6.45, 7) is 0. The van der Waals surface area contributed by atoms with Crippen molar-refractivity contribution in [3.8, 4) is 0 Å². The molecule has 0 aliphatic carbocycles. The third-order valence-electron chi connectivity index (χ3n) is 4.35. The van der Waals surface area contributed by atoms with Crippen LogP contribution in [0.5, 0.6) is 0 Å². The monoisotopic (exact) mass is 497 g/mol. The zero-order chi connectivity index (χ0) is 22.1. The quantitative estimate of drug-likeness (QED) is 0.349. The highest BCUT2D eigenvalue weighted by atomic mass is 35.5. The number of benzene rings is 2. The third-order valence-corrected chi connectivity index (χ3v) is 6.26. The lowest BCUT2D eigenvalue weighted by Gasteiger charge is -2.29. The highest BCUT2D eigenvalue weighted by Gasteiger charge is 2.62. The molecular formula is C19H13Cl3F3NO3S. The molecule has 160 valence electrons. The summed E-state index contributed by atoms with van der Waals surface area (Å²) in [5.74, 6) is -0.379. The summed E-state index contributed by atoms with van der Waals surface area (Å²) in [4.78, 5) is 16.8. The normalized spacial score (nSPS) is 18.7. The Morgan fingerprint density at radius 3 is 2.43 bits per heavy atom. The van der Waals surface area contributed by atoms with Crippen LogP contribution in [-0.2, 0) is 20.0 Å². The van der Waals surface area contributed by atoms with Crippen LogP contribution in [0.15, 0.2) is 46.4 Å². The molecule has 0 saturated carbocycles. The molecule has 1 aliphatic rings. The molecule has 2 aromatic rings. The Labute approximate surface area is 189 Å². The Balaban J connectivity index is 1.89. The van der Waals surface area contributed by atoms with Gasteiger partial charge in [0.25, 0.3) is 5.60 Å². The molecule has 0 bridgehead atoms. The summed E-state index contributed by atoms with van der Waals surface area (Å²) in [7, 11) is 1.27. The molecule has 0 fully saturated rings. The fourth-order valence-electron chi connectivity index (χ4n) is 2.84. The number of carbonyl (C=O) groups excluding carboxylic acids is 1. The average Bonchev–Trinajstić information content (AvgIpc) is 3.13. The summed E-state index contributed by atoms with van der Waals surface area (Å²) < 4.78 is 46.7. The predicted molar refractivity (Wildman–Crippen MR) is 111 cm³/mol. The Hall–Kier alpha value is -1.61. The van der Waals surface area contributed by atoms with Crippen molar-refractivity contribution in [1.29, 1.82) is 0 Å². The Kier molecular flexibility index (Phi) is 6.81. The van der Waals surface area contributed by atoms with Gasteiger partial charge in [0, 0.05) is 32.5 Å². The van der Waals surface area contributed by atoms with Gasteiger partial charge in [-0.05, 0) is 30.3 Å². The van der Waals surface area contributed by atoms with Crippen LogP contribution < -0.4 is 0 Å². The zero-order valence-corrected chi connectivity index (χ0v) is 18.3. The molecule has 11 heteroatoms. The first kappa shape index (κ1) is 23.1. The summed E-state index contributed by atoms with van der Waals surface area (Å²) in [6, 6.07) is 8.26. The molecule has 3 rings (SSSR count). The highest BCUT2D eigenvalue weighted by molar-refractivity contribution is 8.00. The number of hydrogen-bond donors (Lipinski definition) is 0. The van der Waals surface area contributed by atoms with Crippen molar-refractivity contribution >= 4 is 58.2 Å². The first-order valence-electron chi connectivity index (χ1n) is 8.33. The molecule has 0 spiro atoms. The second-order valence-electron chi connectivity index (χ2n) is 6.30. The van der Waals surface area contributed by atoms with E-state index in [1.54, 1.807) is 12.1 Å². The molecule has 0 N–H and O–H groups in total. The van der Waals surface area contributed by atoms with Gasteiger partial charge in [-0.3, -0.25) is 4.79 Å². The van der Waals surface area contributed by atoms with E-state index >= 15 is 0 Å². The maximum Gasteiger partial charge on any atom is 0.435 e. The predicted octanol–water partition coefficient (Wildman–Crippen LogP) is 6.49. The van der Waals surface area contributed by atoms with E-state index in [-0.39, 0.29) is 32.1 Å². The number of oxime groups is 1. The van der Waals surface area contributed by atoms with Crippen LogP contribution in [-0.4, -0.2) is 30.7 Å². The van der Waals surface area contributed by atoms with E-state index in [0.717, 1.165) is 23.9 Å². The number of nitrogens with zero attached hydrogens (tertiary/aromatic N) is 1. The lowest BCUT2D eigenvalue weighted by molar-refractivity contribution is -0.275. The van der Waals surface area contributed by atoms with Gasteiger partial charge >= 0.3 is 12.1 Å². The third kappa shape index (κ3) is 4.66. The number of alkyl halides is 3. The second kappa shape index (κ2) is 8.86. The smallest absolute Gasteiger partial charge is 0.435 e. The minimum absolute atomic E-state index is 0.0480. The zero-order valence-electron chi connectivity index (χ0n) is 15.2. The largest absolute Gasteiger partial charge is 0.468 e. The summed E-state index contributed by atoms with van der Waals surface area (Å²) in [5.41, 5.74) is -2.54. The van der Waals surface area contributed by atoms with E-state index in [1.165, 1.54) is 19.2 Å². The highest BCUT2D eigenvalue weighted by Crippen LogP contribution is 2.49. The van der Waals surface area contributed by atoms with Crippen LogP contribution in [0.2, 0.25) is 15.1 Å². The Bertz CT molecular complexity index is 996. The van der Waals surface area contributed by atoms with Crippen molar-refractivity contribution in [2.45, 2.75) is 23.1 Å². The fraction of sp³-hybridized carbons (Fsp3) is 0.263. The van der Waals surface area contributed by atoms with E-state index < -0.39 is 24.2 Å². The summed E-state index contributed by atoms with van der Waals surface area (Å²) in [5, 5.41) is 4.05. The van der Waals surface area contributed by atoms with Gasteiger partial charge in [-0.15, -0.1) is 11.8 Å². The first-order chi connectivity index (χ1) is 14.1. The summed E-state index contributed by atoms with van der Waals surface area (Å²) >= 11 is 19.2. The van der Waals surface area contributed by atoms with Crippen molar-refractivity contribution in [3.63, 3.8) is 0 Å². The molecule has 2 aromatic carbocycles. The molecular weight excluding hydrogens is 486 g/mol. The van der Waals surface area contributed by atoms with Crippen LogP contribution in [0.3, 0.4) is 0 Å². The Morgan fingerprint density at radius 2 is 1.87 bits per heavy atom. The van der Waals surface area contributed by atoms with Gasteiger partial charge in [0.1, 0.15) is 0 Å². The van der Waals surface area contributed by atoms with Crippen LogP contribution in [0.4, 0.5) is 13.2 Å². The van der Waals surface area contributed by atoms with Crippen LogP contribution in [0.25, 0.3) is 0 Å². The molecule has 0 amide bonds. The van der Waals surface area contributed by atoms with E-state index in [9.17, 15) is 18.0 Å². The van der Waals surface area contributed by atoms with Crippen molar-refractivity contribution < 1.29 is 27.5 Å². The molecule has 0 saturated heterocycles. The summed E-state index contributed by atoms with van der Waals surface area (Å²) in [6.07, 6.45) is -5.37. The maximum absolute atomic E-state index is 14.0. The minimum Gasteiger partial charge on any atom is -0.468 e. The minimum atomic E-state index is -4.79. The molecule has 1 atom stereocenters. The van der Waals surface area contributed by atoms with E-state index in [1.807, 2.05) is 0 Å². The van der Waals surface area contributed by atoms with Gasteiger partial charge in [0.05, 0.1) is 23.6 Å². The molecule has 1 unspecified atom stereocenters. The van der Waals surface area contributed by atoms with Gasteiger partial charge in [0.2, 0.25) is 0 Å². The van der Waals surface area contributed by atoms with E-state index in [0.29, 0.717) is 10.5 Å². The van der Waals surface area contributed by atoms with Crippen molar-refractivity contribution in [2.75, 3.05) is 12.9 Å². The van der Waals surface area contributed by atoms with E-state index in [2.05, 4.69) is 9.89 Å². The number of thioether (sulfide) groups is 1. The maximum atomic E-state index is 14.0. The van der Waals surface area contributed by atoms with Crippen molar-refractivity contribution in [1.82, 2.24) is 0 Å². The molecule has 4 nitrogen and oxygen atoms in total. The number of rotatable bonds is 5. The van der Waals surface area contributed by atoms with Gasteiger partial charge in [-0.2, -0.15) is 13.2 Å². The van der Waals surface area contributed by atoms with Gasteiger partial charge < -0.3 is 9.57 Å². The average molecular weight is 499 g/mol. The molecule has 0 aromatic heterocycles. The Morgan fingerprint density at radius 1 is 1.20 bits per heavy atom. The van der Waals surface area contributed by atoms with Crippen LogP contribution in [0, 0.1) is 0 Å². The molecule has 1 heterocycles. The van der Waals surface area contributed by atoms with Gasteiger partial charge in [-0.25, -0.2) is 0 Å². The van der Waals surface area contributed by atoms with Crippen LogP contribution in [0.1, 0.15) is 17.5 Å².